The highest BCUT2D eigenvalue weighted by molar-refractivity contribution is 5.92. The van der Waals surface area contributed by atoms with Crippen LogP contribution in [0.4, 0.5) is 10.5 Å². The smallest absolute Gasteiger partial charge is 0.326 e. The van der Waals surface area contributed by atoms with Crippen LogP contribution < -0.4 is 10.6 Å². The Bertz CT molecular complexity index is 625. The third-order valence-corrected chi connectivity index (χ3v) is 2.98. The predicted octanol–water partition coefficient (Wildman–Crippen LogP) is 1.54. The average molecular weight is 288 g/mol. The minimum atomic E-state index is -1.11. The van der Waals surface area contributed by atoms with E-state index in [1.54, 1.807) is 12.1 Å². The van der Waals surface area contributed by atoms with Gasteiger partial charge in [0.2, 0.25) is 0 Å². The van der Waals surface area contributed by atoms with Crippen molar-refractivity contribution in [1.29, 1.82) is 0 Å². The summed E-state index contributed by atoms with van der Waals surface area (Å²) in [5.74, 6) is -1.11. The second-order valence-corrected chi connectivity index (χ2v) is 4.59. The van der Waals surface area contributed by atoms with Crippen molar-refractivity contribution >= 4 is 17.7 Å². The van der Waals surface area contributed by atoms with Gasteiger partial charge >= 0.3 is 12.0 Å². The summed E-state index contributed by atoms with van der Waals surface area (Å²) in [5.41, 5.74) is 2.17. The number of urea groups is 1. The van der Waals surface area contributed by atoms with Gasteiger partial charge in [0.1, 0.15) is 6.04 Å². The van der Waals surface area contributed by atoms with Crippen molar-refractivity contribution in [2.24, 2.45) is 0 Å². The molecule has 0 aliphatic heterocycles. The summed E-state index contributed by atoms with van der Waals surface area (Å²) in [6.45, 7) is 1.86. The van der Waals surface area contributed by atoms with E-state index in [2.05, 4.69) is 20.6 Å². The molecule has 0 bridgehead atoms. The highest BCUT2D eigenvalue weighted by atomic mass is 16.4. The molecule has 1 aromatic heterocycles. The number of hydrogen-bond donors (Lipinski definition) is 4. The van der Waals surface area contributed by atoms with Crippen molar-refractivity contribution in [1.82, 2.24) is 15.3 Å². The van der Waals surface area contributed by atoms with Crippen molar-refractivity contribution in [2.45, 2.75) is 19.4 Å². The molecular weight excluding hydrogens is 272 g/mol. The Kier molecular flexibility index (Phi) is 4.55. The maximum Gasteiger partial charge on any atom is 0.326 e. The van der Waals surface area contributed by atoms with Gasteiger partial charge in [-0.3, -0.25) is 0 Å². The first kappa shape index (κ1) is 14.6. The lowest BCUT2D eigenvalue weighted by Crippen LogP contribution is -2.44. The summed E-state index contributed by atoms with van der Waals surface area (Å²) in [6.07, 6.45) is 3.12. The summed E-state index contributed by atoms with van der Waals surface area (Å²) in [4.78, 5) is 29.7. The molecule has 7 heteroatoms. The fourth-order valence-corrected chi connectivity index (χ4v) is 1.85. The van der Waals surface area contributed by atoms with Crippen LogP contribution in [0.25, 0.3) is 0 Å². The van der Waals surface area contributed by atoms with Crippen LogP contribution in [0.5, 0.6) is 0 Å². The summed E-state index contributed by atoms with van der Waals surface area (Å²) < 4.78 is 0. The Morgan fingerprint density at radius 3 is 2.76 bits per heavy atom. The van der Waals surface area contributed by atoms with Gasteiger partial charge in [-0.15, -0.1) is 0 Å². The van der Waals surface area contributed by atoms with Crippen LogP contribution in [-0.4, -0.2) is 33.1 Å². The zero-order valence-electron chi connectivity index (χ0n) is 11.5. The van der Waals surface area contributed by atoms with Crippen LogP contribution in [0.2, 0.25) is 0 Å². The van der Waals surface area contributed by atoms with Crippen LogP contribution in [-0.2, 0) is 11.2 Å². The number of aryl methyl sites for hydroxylation is 1. The maximum atomic E-state index is 11.9. The number of aliphatic carboxylic acids is 1. The maximum absolute atomic E-state index is 11.9. The molecule has 110 valence electrons. The number of nitrogens with zero attached hydrogens (tertiary/aromatic N) is 1. The largest absolute Gasteiger partial charge is 0.480 e. The van der Waals surface area contributed by atoms with E-state index in [0.29, 0.717) is 11.4 Å². The molecule has 2 aromatic rings. The molecule has 0 aliphatic carbocycles. The molecule has 1 unspecified atom stereocenters. The first-order valence-corrected chi connectivity index (χ1v) is 6.39. The average Bonchev–Trinajstić information content (AvgIpc) is 2.93. The van der Waals surface area contributed by atoms with Crippen LogP contribution in [0.1, 0.15) is 11.3 Å². The lowest BCUT2D eigenvalue weighted by molar-refractivity contribution is -0.139. The van der Waals surface area contributed by atoms with E-state index in [1.807, 2.05) is 19.1 Å². The van der Waals surface area contributed by atoms with Crippen LogP contribution in [0.3, 0.4) is 0 Å². The van der Waals surface area contributed by atoms with Crippen molar-refractivity contribution < 1.29 is 14.7 Å². The molecule has 1 atom stereocenters. The van der Waals surface area contributed by atoms with E-state index in [4.69, 9.17) is 5.11 Å². The SMILES string of the molecule is Cc1ccccc1NC(=O)NC(Cc1cnc[nH]1)C(=O)O. The number of H-pyrrole nitrogens is 1. The number of aromatic nitrogens is 2. The number of hydrogen-bond acceptors (Lipinski definition) is 3. The van der Waals surface area contributed by atoms with Gasteiger partial charge in [-0.25, -0.2) is 14.6 Å². The third kappa shape index (κ3) is 4.07. The van der Waals surface area contributed by atoms with Gasteiger partial charge in [-0.1, -0.05) is 18.2 Å². The number of rotatable bonds is 5. The number of amides is 2. The summed E-state index contributed by atoms with van der Waals surface area (Å²) in [7, 11) is 0. The van der Waals surface area contributed by atoms with E-state index in [9.17, 15) is 9.59 Å². The van der Waals surface area contributed by atoms with E-state index < -0.39 is 18.0 Å². The van der Waals surface area contributed by atoms with Crippen LogP contribution in [0, 0.1) is 6.92 Å². The highest BCUT2D eigenvalue weighted by Gasteiger charge is 2.21. The Balaban J connectivity index is 1.98. The van der Waals surface area contributed by atoms with Crippen molar-refractivity contribution in [2.75, 3.05) is 5.32 Å². The predicted molar refractivity (Wildman–Crippen MR) is 77.0 cm³/mol. The highest BCUT2D eigenvalue weighted by Crippen LogP contribution is 2.12. The molecule has 0 radical (unpaired) electrons. The molecule has 21 heavy (non-hydrogen) atoms. The number of anilines is 1. The quantitative estimate of drug-likeness (QED) is 0.669. The number of carbonyl (C=O) groups excluding carboxylic acids is 1. The molecule has 2 rings (SSSR count). The number of carbonyl (C=O) groups is 2. The number of para-hydroxylation sites is 1. The molecule has 1 heterocycles. The van der Waals surface area contributed by atoms with Gasteiger partial charge in [-0.05, 0) is 18.6 Å². The first-order valence-electron chi connectivity index (χ1n) is 6.39. The molecule has 7 nitrogen and oxygen atoms in total. The fourth-order valence-electron chi connectivity index (χ4n) is 1.85. The van der Waals surface area contributed by atoms with Gasteiger partial charge in [-0.2, -0.15) is 0 Å². The van der Waals surface area contributed by atoms with E-state index in [0.717, 1.165) is 5.56 Å². The van der Waals surface area contributed by atoms with Gasteiger partial charge < -0.3 is 20.7 Å². The zero-order valence-corrected chi connectivity index (χ0v) is 11.5. The molecule has 1 aromatic carbocycles. The number of imidazole rings is 1. The monoisotopic (exact) mass is 288 g/mol. The molecule has 0 saturated carbocycles. The minimum Gasteiger partial charge on any atom is -0.480 e. The van der Waals surface area contributed by atoms with E-state index in [1.165, 1.54) is 12.5 Å². The van der Waals surface area contributed by atoms with Crippen molar-refractivity contribution in [3.8, 4) is 0 Å². The topological polar surface area (TPSA) is 107 Å². The van der Waals surface area contributed by atoms with Crippen molar-refractivity contribution in [3.63, 3.8) is 0 Å². The standard InChI is InChI=1S/C14H16N4O3/c1-9-4-2-3-5-11(9)17-14(21)18-12(13(19)20)6-10-7-15-8-16-10/h2-5,7-8,12H,6H2,1H3,(H,15,16)(H,19,20)(H2,17,18,21). The molecular formula is C14H16N4O3. The van der Waals surface area contributed by atoms with Crippen LogP contribution >= 0.6 is 0 Å². The number of nitrogens with one attached hydrogen (secondary N) is 3. The van der Waals surface area contributed by atoms with E-state index >= 15 is 0 Å². The molecule has 0 saturated heterocycles. The summed E-state index contributed by atoms with van der Waals surface area (Å²) >= 11 is 0. The molecule has 4 N–H and O–H groups in total. The lowest BCUT2D eigenvalue weighted by atomic mass is 10.1. The molecule has 0 fully saturated rings. The summed E-state index contributed by atoms with van der Waals surface area (Å²) in [6, 6.07) is 5.67. The van der Waals surface area contributed by atoms with Gasteiger partial charge in [0.05, 0.1) is 6.33 Å². The van der Waals surface area contributed by atoms with Gasteiger partial charge in [0.25, 0.3) is 0 Å². The minimum absolute atomic E-state index is 0.135. The Labute approximate surface area is 121 Å². The Morgan fingerprint density at radius 2 is 2.14 bits per heavy atom. The number of aromatic amines is 1. The Morgan fingerprint density at radius 1 is 1.38 bits per heavy atom. The second-order valence-electron chi connectivity index (χ2n) is 4.59. The van der Waals surface area contributed by atoms with E-state index in [-0.39, 0.29) is 6.42 Å². The zero-order chi connectivity index (χ0) is 15.2. The third-order valence-electron chi connectivity index (χ3n) is 2.98. The molecule has 0 spiro atoms. The van der Waals surface area contributed by atoms with Gasteiger partial charge in [0, 0.05) is 24.0 Å². The number of benzene rings is 1. The Hall–Kier alpha value is -2.83. The fraction of sp³-hybridized carbons (Fsp3) is 0.214. The first-order chi connectivity index (χ1) is 10.1. The normalized spacial score (nSPS) is 11.7. The second kappa shape index (κ2) is 6.56. The van der Waals surface area contributed by atoms with Gasteiger partial charge in [0.15, 0.2) is 0 Å². The molecule has 2 amide bonds. The number of carboxylic acids is 1. The lowest BCUT2D eigenvalue weighted by Gasteiger charge is -2.15. The summed E-state index contributed by atoms with van der Waals surface area (Å²) in [5, 5.41) is 14.2. The molecule has 0 aliphatic rings. The van der Waals surface area contributed by atoms with Crippen molar-refractivity contribution in [3.05, 3.63) is 48.0 Å². The number of carboxylic acid groups (broad SMARTS) is 1. The van der Waals surface area contributed by atoms with Crippen LogP contribution in [0.15, 0.2) is 36.8 Å².